The van der Waals surface area contributed by atoms with Crippen LogP contribution in [0.5, 0.6) is 5.75 Å². The Balaban J connectivity index is 1.58. The van der Waals surface area contributed by atoms with Gasteiger partial charge in [0.05, 0.1) is 18.3 Å². The number of para-hydroxylation sites is 1. The molecule has 0 unspecified atom stereocenters. The highest BCUT2D eigenvalue weighted by Gasteiger charge is 2.43. The molecule has 27 heavy (non-hydrogen) atoms. The lowest BCUT2D eigenvalue weighted by molar-refractivity contribution is -0.00263. The van der Waals surface area contributed by atoms with Crippen molar-refractivity contribution in [2.75, 3.05) is 25.9 Å². The fraction of sp³-hybridized carbons (Fsp3) is 0.444. The summed E-state index contributed by atoms with van der Waals surface area (Å²) in [4.78, 5) is 18.4. The zero-order chi connectivity index (χ0) is 19.1. The van der Waals surface area contributed by atoms with Crippen LogP contribution in [0.15, 0.2) is 35.2 Å². The van der Waals surface area contributed by atoms with Crippen molar-refractivity contribution in [1.82, 2.24) is 14.2 Å². The van der Waals surface area contributed by atoms with Crippen LogP contribution in [0.4, 0.5) is 0 Å². The number of carbonyl (C=O) groups is 1. The summed E-state index contributed by atoms with van der Waals surface area (Å²) >= 11 is 1.39. The van der Waals surface area contributed by atoms with E-state index in [2.05, 4.69) is 4.98 Å². The highest BCUT2D eigenvalue weighted by atomic mass is 32.2. The molecule has 2 aliphatic rings. The zero-order valence-electron chi connectivity index (χ0n) is 15.0. The van der Waals surface area contributed by atoms with Crippen molar-refractivity contribution in [2.24, 2.45) is 0 Å². The number of nitrogens with zero attached hydrogens (tertiary/aromatic N) is 3. The number of hydrogen-bond acceptors (Lipinski definition) is 6. The van der Waals surface area contributed by atoms with Crippen molar-refractivity contribution in [2.45, 2.75) is 25.0 Å². The molecule has 0 bridgehead atoms. The Labute approximate surface area is 162 Å². The van der Waals surface area contributed by atoms with Gasteiger partial charge in [-0.05, 0) is 6.07 Å². The normalized spacial score (nSPS) is 20.0. The van der Waals surface area contributed by atoms with Crippen LogP contribution in [-0.4, -0.2) is 60.0 Å². The molecule has 1 amide bonds. The molecular formula is C18H21N3O4S2. The quantitative estimate of drug-likeness (QED) is 0.760. The van der Waals surface area contributed by atoms with Crippen LogP contribution in [0, 0.1) is 0 Å². The maximum absolute atomic E-state index is 12.5. The number of hydrogen-bond donors (Lipinski definition) is 0. The zero-order valence-corrected chi connectivity index (χ0v) is 16.6. The molecule has 0 saturated carbocycles. The molecule has 0 atom stereocenters. The average molecular weight is 408 g/mol. The molecular weight excluding hydrogens is 386 g/mol. The van der Waals surface area contributed by atoms with E-state index in [4.69, 9.17) is 4.74 Å². The second-order valence-electron chi connectivity index (χ2n) is 7.09. The number of amides is 1. The predicted octanol–water partition coefficient (Wildman–Crippen LogP) is 1.97. The highest BCUT2D eigenvalue weighted by Crippen LogP contribution is 2.36. The van der Waals surface area contributed by atoms with Crippen molar-refractivity contribution in [3.8, 4) is 5.75 Å². The van der Waals surface area contributed by atoms with Gasteiger partial charge in [-0.2, -0.15) is 4.31 Å². The van der Waals surface area contributed by atoms with E-state index >= 15 is 0 Å². The van der Waals surface area contributed by atoms with E-state index in [1.54, 1.807) is 15.8 Å². The molecule has 144 valence electrons. The maximum Gasteiger partial charge on any atom is 0.273 e. The number of piperidine rings is 1. The first-order chi connectivity index (χ1) is 12.9. The fourth-order valence-corrected chi connectivity index (χ4v) is 5.03. The van der Waals surface area contributed by atoms with Crippen LogP contribution in [0.2, 0.25) is 0 Å². The standard InChI is InChI=1S/C18H21N3O4S2/c1-27(23,24)21-10-14-4-2-3-5-16(14)25-18(12-21)6-8-20(9-7-18)17(22)15-11-26-13-19-15/h2-5,11,13H,6-10,12H2,1H3. The molecule has 7 nitrogen and oxygen atoms in total. The lowest BCUT2D eigenvalue weighted by Gasteiger charge is -2.42. The van der Waals surface area contributed by atoms with Gasteiger partial charge in [-0.15, -0.1) is 11.3 Å². The minimum Gasteiger partial charge on any atom is -0.485 e. The number of carbonyl (C=O) groups excluding carboxylic acids is 1. The van der Waals surface area contributed by atoms with Crippen molar-refractivity contribution in [1.29, 1.82) is 0 Å². The molecule has 1 aromatic carbocycles. The lowest BCUT2D eigenvalue weighted by Crippen LogP contribution is -2.55. The monoisotopic (exact) mass is 407 g/mol. The number of aromatic nitrogens is 1. The minimum absolute atomic E-state index is 0.0832. The lowest BCUT2D eigenvalue weighted by atomic mass is 9.90. The molecule has 1 saturated heterocycles. The Morgan fingerprint density at radius 2 is 2.00 bits per heavy atom. The van der Waals surface area contributed by atoms with Crippen molar-refractivity contribution in [3.63, 3.8) is 0 Å². The Morgan fingerprint density at radius 1 is 1.26 bits per heavy atom. The van der Waals surface area contributed by atoms with Gasteiger partial charge in [0.1, 0.15) is 17.0 Å². The third kappa shape index (κ3) is 3.71. The first-order valence-corrected chi connectivity index (χ1v) is 11.5. The summed E-state index contributed by atoms with van der Waals surface area (Å²) in [7, 11) is -3.37. The van der Waals surface area contributed by atoms with Crippen LogP contribution in [0.3, 0.4) is 0 Å². The molecule has 1 fully saturated rings. The molecule has 1 aromatic heterocycles. The third-order valence-electron chi connectivity index (χ3n) is 5.19. The van der Waals surface area contributed by atoms with E-state index in [0.717, 1.165) is 11.3 Å². The minimum atomic E-state index is -3.37. The molecule has 0 N–H and O–H groups in total. The van der Waals surface area contributed by atoms with E-state index in [9.17, 15) is 13.2 Å². The molecule has 0 radical (unpaired) electrons. The summed E-state index contributed by atoms with van der Waals surface area (Å²) in [5.74, 6) is 0.642. The van der Waals surface area contributed by atoms with Crippen molar-refractivity contribution < 1.29 is 17.9 Å². The number of likely N-dealkylation sites (tertiary alicyclic amines) is 1. The number of thiazole rings is 1. The van der Waals surface area contributed by atoms with E-state index < -0.39 is 15.6 Å². The number of benzene rings is 1. The molecule has 3 heterocycles. The van der Waals surface area contributed by atoms with E-state index in [0.29, 0.717) is 44.7 Å². The first-order valence-electron chi connectivity index (χ1n) is 8.76. The topological polar surface area (TPSA) is 79.8 Å². The smallest absolute Gasteiger partial charge is 0.273 e. The van der Waals surface area contributed by atoms with Crippen LogP contribution >= 0.6 is 11.3 Å². The van der Waals surface area contributed by atoms with E-state index in [-0.39, 0.29) is 5.91 Å². The number of rotatable bonds is 2. The van der Waals surface area contributed by atoms with Crippen LogP contribution in [0.25, 0.3) is 0 Å². The SMILES string of the molecule is CS(=O)(=O)N1Cc2ccccc2OC2(CCN(C(=O)c3cscn3)CC2)C1. The maximum atomic E-state index is 12.5. The van der Waals surface area contributed by atoms with Crippen LogP contribution in [0.1, 0.15) is 28.9 Å². The largest absolute Gasteiger partial charge is 0.485 e. The Bertz CT molecular complexity index is 935. The molecule has 2 aromatic rings. The van der Waals surface area contributed by atoms with Crippen LogP contribution in [-0.2, 0) is 16.6 Å². The van der Waals surface area contributed by atoms with E-state index in [1.807, 2.05) is 24.3 Å². The molecule has 0 aliphatic carbocycles. The summed E-state index contributed by atoms with van der Waals surface area (Å²) in [6.45, 7) is 1.61. The van der Waals surface area contributed by atoms with E-state index in [1.165, 1.54) is 21.9 Å². The van der Waals surface area contributed by atoms with Gasteiger partial charge in [-0.3, -0.25) is 4.79 Å². The third-order valence-corrected chi connectivity index (χ3v) is 6.98. The Hall–Kier alpha value is -1.97. The molecule has 1 spiro atoms. The summed E-state index contributed by atoms with van der Waals surface area (Å²) < 4.78 is 32.5. The van der Waals surface area contributed by atoms with Gasteiger partial charge in [-0.1, -0.05) is 18.2 Å². The van der Waals surface area contributed by atoms with Gasteiger partial charge in [0.15, 0.2) is 0 Å². The van der Waals surface area contributed by atoms with Gasteiger partial charge in [0.25, 0.3) is 5.91 Å². The molecule has 2 aliphatic heterocycles. The average Bonchev–Trinajstić information content (AvgIpc) is 3.11. The second-order valence-corrected chi connectivity index (χ2v) is 9.79. The summed E-state index contributed by atoms with van der Waals surface area (Å²) in [5.41, 5.74) is 2.34. The highest BCUT2D eigenvalue weighted by molar-refractivity contribution is 7.88. The Kier molecular flexibility index (Phi) is 4.69. The van der Waals surface area contributed by atoms with Gasteiger partial charge in [-0.25, -0.2) is 13.4 Å². The van der Waals surface area contributed by atoms with Crippen LogP contribution < -0.4 is 4.74 Å². The number of sulfonamides is 1. The van der Waals surface area contributed by atoms with Gasteiger partial charge in [0, 0.05) is 43.4 Å². The van der Waals surface area contributed by atoms with Crippen molar-refractivity contribution >= 4 is 27.3 Å². The Morgan fingerprint density at radius 3 is 2.67 bits per heavy atom. The van der Waals surface area contributed by atoms with Gasteiger partial charge >= 0.3 is 0 Å². The molecule has 9 heteroatoms. The number of ether oxygens (including phenoxy) is 1. The van der Waals surface area contributed by atoms with Gasteiger partial charge in [0.2, 0.25) is 10.0 Å². The second kappa shape index (κ2) is 6.88. The summed E-state index contributed by atoms with van der Waals surface area (Å²) in [6.07, 6.45) is 2.38. The first kappa shape index (κ1) is 18.4. The number of fused-ring (bicyclic) bond motifs is 1. The van der Waals surface area contributed by atoms with Gasteiger partial charge < -0.3 is 9.64 Å². The predicted molar refractivity (Wildman–Crippen MR) is 102 cm³/mol. The van der Waals surface area contributed by atoms with Crippen molar-refractivity contribution in [3.05, 3.63) is 46.4 Å². The summed E-state index contributed by atoms with van der Waals surface area (Å²) in [5, 5.41) is 1.75. The fourth-order valence-electron chi connectivity index (χ4n) is 3.66. The molecule has 4 rings (SSSR count). The summed E-state index contributed by atoms with van der Waals surface area (Å²) in [6, 6.07) is 7.56.